The van der Waals surface area contributed by atoms with Gasteiger partial charge < -0.3 is 5.32 Å². The lowest BCUT2D eigenvalue weighted by molar-refractivity contribution is 0.517. The summed E-state index contributed by atoms with van der Waals surface area (Å²) in [6.07, 6.45) is 0. The molecule has 0 saturated heterocycles. The Hall–Kier alpha value is -0.670. The average molecular weight is 293 g/mol. The van der Waals surface area contributed by atoms with Crippen LogP contribution in [0.3, 0.4) is 0 Å². The maximum Gasteiger partial charge on any atom is 0.209 e. The SMILES string of the molecule is CCNCCn1nnnc1SCCS(=O)(=O)CC. The summed E-state index contributed by atoms with van der Waals surface area (Å²) in [6, 6.07) is 0. The molecule has 7 nitrogen and oxygen atoms in total. The Morgan fingerprint density at radius 1 is 1.39 bits per heavy atom. The minimum atomic E-state index is -2.92. The molecule has 0 aromatic carbocycles. The van der Waals surface area contributed by atoms with Gasteiger partial charge in [0.25, 0.3) is 0 Å². The molecule has 1 aromatic heterocycles. The fourth-order valence-corrected chi connectivity index (χ4v) is 3.40. The van der Waals surface area contributed by atoms with E-state index in [1.165, 1.54) is 11.8 Å². The van der Waals surface area contributed by atoms with Gasteiger partial charge in [-0.2, -0.15) is 0 Å². The van der Waals surface area contributed by atoms with Gasteiger partial charge in [-0.3, -0.25) is 0 Å². The Kier molecular flexibility index (Phi) is 6.58. The van der Waals surface area contributed by atoms with Crippen molar-refractivity contribution < 1.29 is 8.42 Å². The molecule has 0 fully saturated rings. The molecule has 0 saturated carbocycles. The zero-order valence-corrected chi connectivity index (χ0v) is 12.3. The molecule has 0 unspecified atom stereocenters. The van der Waals surface area contributed by atoms with E-state index >= 15 is 0 Å². The number of nitrogens with one attached hydrogen (secondary N) is 1. The monoisotopic (exact) mass is 293 g/mol. The number of hydrogen-bond acceptors (Lipinski definition) is 7. The number of rotatable bonds is 9. The predicted molar refractivity (Wildman–Crippen MR) is 71.4 cm³/mol. The second-order valence-corrected chi connectivity index (χ2v) is 7.16. The third-order valence-electron chi connectivity index (χ3n) is 2.31. The van der Waals surface area contributed by atoms with Crippen molar-refractivity contribution in [2.24, 2.45) is 0 Å². The van der Waals surface area contributed by atoms with E-state index in [-0.39, 0.29) is 11.5 Å². The van der Waals surface area contributed by atoms with Crippen molar-refractivity contribution in [1.82, 2.24) is 25.5 Å². The van der Waals surface area contributed by atoms with Crippen LogP contribution in [0.15, 0.2) is 5.16 Å². The fourth-order valence-electron chi connectivity index (χ4n) is 1.21. The first-order chi connectivity index (χ1) is 8.59. The highest BCUT2D eigenvalue weighted by Gasteiger charge is 2.10. The Bertz CT molecular complexity index is 446. The van der Waals surface area contributed by atoms with Crippen LogP contribution in [0.4, 0.5) is 0 Å². The summed E-state index contributed by atoms with van der Waals surface area (Å²) in [4.78, 5) is 0. The average Bonchev–Trinajstić information content (AvgIpc) is 2.77. The van der Waals surface area contributed by atoms with E-state index < -0.39 is 9.84 Å². The van der Waals surface area contributed by atoms with Crippen molar-refractivity contribution in [1.29, 1.82) is 0 Å². The topological polar surface area (TPSA) is 89.8 Å². The summed E-state index contributed by atoms with van der Waals surface area (Å²) in [7, 11) is -2.92. The van der Waals surface area contributed by atoms with Crippen molar-refractivity contribution in [2.45, 2.75) is 25.5 Å². The van der Waals surface area contributed by atoms with E-state index in [1.54, 1.807) is 11.6 Å². The van der Waals surface area contributed by atoms with Crippen LogP contribution in [0.25, 0.3) is 0 Å². The first-order valence-corrected chi connectivity index (χ1v) is 8.70. The molecule has 0 radical (unpaired) electrons. The number of tetrazole rings is 1. The highest BCUT2D eigenvalue weighted by molar-refractivity contribution is 8.00. The van der Waals surface area contributed by atoms with Crippen molar-refractivity contribution >= 4 is 21.6 Å². The van der Waals surface area contributed by atoms with Gasteiger partial charge in [0.1, 0.15) is 0 Å². The van der Waals surface area contributed by atoms with Gasteiger partial charge >= 0.3 is 0 Å². The molecule has 18 heavy (non-hydrogen) atoms. The summed E-state index contributed by atoms with van der Waals surface area (Å²) in [6.45, 7) is 6.07. The van der Waals surface area contributed by atoms with Crippen LogP contribution >= 0.6 is 11.8 Å². The third-order valence-corrected chi connectivity index (χ3v) is 5.24. The summed E-state index contributed by atoms with van der Waals surface area (Å²) in [5, 5.41) is 15.2. The van der Waals surface area contributed by atoms with Crippen LogP contribution in [-0.2, 0) is 16.4 Å². The van der Waals surface area contributed by atoms with Crippen LogP contribution in [0.1, 0.15) is 13.8 Å². The van der Waals surface area contributed by atoms with Crippen LogP contribution < -0.4 is 5.32 Å². The highest BCUT2D eigenvalue weighted by Crippen LogP contribution is 2.13. The van der Waals surface area contributed by atoms with Crippen LogP contribution in [0.5, 0.6) is 0 Å². The van der Waals surface area contributed by atoms with Crippen molar-refractivity contribution in [3.8, 4) is 0 Å². The molecule has 0 aliphatic heterocycles. The molecular weight excluding hydrogens is 274 g/mol. The molecule has 0 spiro atoms. The molecule has 9 heteroatoms. The zero-order valence-electron chi connectivity index (χ0n) is 10.7. The Morgan fingerprint density at radius 3 is 2.83 bits per heavy atom. The number of hydrogen-bond donors (Lipinski definition) is 1. The summed E-state index contributed by atoms with van der Waals surface area (Å²) in [5.41, 5.74) is 0. The van der Waals surface area contributed by atoms with Crippen LogP contribution in [0, 0.1) is 0 Å². The molecule has 0 bridgehead atoms. The van der Waals surface area contributed by atoms with Gasteiger partial charge in [-0.15, -0.1) is 5.10 Å². The number of thioether (sulfide) groups is 1. The quantitative estimate of drug-likeness (QED) is 0.498. The summed E-state index contributed by atoms with van der Waals surface area (Å²) in [5.74, 6) is 0.824. The third kappa shape index (κ3) is 5.32. The number of likely N-dealkylation sites (N-methyl/N-ethyl adjacent to an activating group) is 1. The van der Waals surface area contributed by atoms with E-state index in [0.29, 0.717) is 17.5 Å². The molecule has 0 aliphatic carbocycles. The summed E-state index contributed by atoms with van der Waals surface area (Å²) < 4.78 is 24.4. The molecule has 1 N–H and O–H groups in total. The van der Waals surface area contributed by atoms with Gasteiger partial charge in [0.05, 0.1) is 12.3 Å². The minimum absolute atomic E-state index is 0.161. The number of aromatic nitrogens is 4. The normalized spacial score (nSPS) is 11.9. The molecule has 1 heterocycles. The lowest BCUT2D eigenvalue weighted by atomic mass is 10.6. The molecule has 0 amide bonds. The molecular formula is C9H19N5O2S2. The first-order valence-electron chi connectivity index (χ1n) is 5.89. The largest absolute Gasteiger partial charge is 0.315 e. The summed E-state index contributed by atoms with van der Waals surface area (Å²) >= 11 is 1.37. The Balaban J connectivity index is 2.40. The molecule has 1 aromatic rings. The van der Waals surface area contributed by atoms with E-state index in [1.807, 2.05) is 6.92 Å². The second kappa shape index (κ2) is 7.70. The van der Waals surface area contributed by atoms with Crippen LogP contribution in [-0.4, -0.2) is 59.0 Å². The lowest BCUT2D eigenvalue weighted by Crippen LogP contribution is -2.20. The zero-order chi connectivity index (χ0) is 13.4. The van der Waals surface area contributed by atoms with Gasteiger partial charge in [0.15, 0.2) is 9.84 Å². The van der Waals surface area contributed by atoms with Gasteiger partial charge in [-0.1, -0.05) is 25.6 Å². The first kappa shape index (κ1) is 15.4. The van der Waals surface area contributed by atoms with Crippen molar-refractivity contribution in [2.75, 3.05) is 30.3 Å². The number of sulfone groups is 1. The smallest absolute Gasteiger partial charge is 0.209 e. The van der Waals surface area contributed by atoms with E-state index in [2.05, 4.69) is 20.8 Å². The van der Waals surface area contributed by atoms with Crippen LogP contribution in [0.2, 0.25) is 0 Å². The van der Waals surface area contributed by atoms with Gasteiger partial charge in [0, 0.05) is 18.1 Å². The van der Waals surface area contributed by atoms with Gasteiger partial charge in [-0.05, 0) is 17.0 Å². The minimum Gasteiger partial charge on any atom is -0.315 e. The maximum atomic E-state index is 11.3. The Morgan fingerprint density at radius 2 is 2.17 bits per heavy atom. The van der Waals surface area contributed by atoms with E-state index in [9.17, 15) is 8.42 Å². The highest BCUT2D eigenvalue weighted by atomic mass is 32.2. The second-order valence-electron chi connectivity index (χ2n) is 3.62. The Labute approximate surface area is 112 Å². The predicted octanol–water partition coefficient (Wildman–Crippen LogP) is -0.191. The van der Waals surface area contributed by atoms with Gasteiger partial charge in [-0.25, -0.2) is 13.1 Å². The molecule has 104 valence electrons. The van der Waals surface area contributed by atoms with Gasteiger partial charge in [0.2, 0.25) is 5.16 Å². The standard InChI is InChI=1S/C9H19N5O2S2/c1-3-10-5-6-14-9(11-12-13-14)17-7-8-18(15,16)4-2/h10H,3-8H2,1-2H3. The van der Waals surface area contributed by atoms with E-state index in [0.717, 1.165) is 13.1 Å². The fraction of sp³-hybridized carbons (Fsp3) is 0.889. The number of nitrogens with zero attached hydrogens (tertiary/aromatic N) is 4. The maximum absolute atomic E-state index is 11.3. The van der Waals surface area contributed by atoms with Crippen molar-refractivity contribution in [3.05, 3.63) is 0 Å². The molecule has 0 aliphatic rings. The van der Waals surface area contributed by atoms with E-state index in [4.69, 9.17) is 0 Å². The molecule has 1 rings (SSSR count). The molecule has 0 atom stereocenters. The lowest BCUT2D eigenvalue weighted by Gasteiger charge is -2.04. The van der Waals surface area contributed by atoms with Crippen molar-refractivity contribution in [3.63, 3.8) is 0 Å².